The van der Waals surface area contributed by atoms with Crippen LogP contribution in [0.25, 0.3) is 0 Å². The largest absolute Gasteiger partial charge is 0.479 e. The highest BCUT2D eigenvalue weighted by Gasteiger charge is 2.25. The van der Waals surface area contributed by atoms with Gasteiger partial charge < -0.3 is 20.7 Å². The summed E-state index contributed by atoms with van der Waals surface area (Å²) in [6.07, 6.45) is -0.546. The fourth-order valence-corrected chi connectivity index (χ4v) is 3.48. The number of amides is 2. The molecule has 0 saturated heterocycles. The van der Waals surface area contributed by atoms with E-state index in [1.165, 1.54) is 0 Å². The third-order valence-corrected chi connectivity index (χ3v) is 5.46. The average molecular weight is 436 g/mol. The normalized spacial score (nSPS) is 15.8. The van der Waals surface area contributed by atoms with Gasteiger partial charge in [-0.3, -0.25) is 9.59 Å². The van der Waals surface area contributed by atoms with Gasteiger partial charge in [-0.15, -0.1) is 0 Å². The van der Waals surface area contributed by atoms with Crippen molar-refractivity contribution in [1.29, 1.82) is 0 Å². The van der Waals surface area contributed by atoms with Gasteiger partial charge in [0.1, 0.15) is 11.8 Å². The first-order chi connectivity index (χ1) is 14.9. The number of hydrogen-bond donors (Lipinski definition) is 3. The van der Waals surface area contributed by atoms with E-state index in [-0.39, 0.29) is 11.8 Å². The summed E-state index contributed by atoms with van der Waals surface area (Å²) < 4.78 is 5.60. The first-order valence-electron chi connectivity index (χ1n) is 9.91. The topological polar surface area (TPSA) is 79.5 Å². The maximum absolute atomic E-state index is 13.2. The van der Waals surface area contributed by atoms with E-state index in [1.54, 1.807) is 25.1 Å². The van der Waals surface area contributed by atoms with E-state index in [4.69, 9.17) is 16.3 Å². The number of ether oxygens (including phenoxy) is 1. The van der Waals surface area contributed by atoms with Crippen LogP contribution in [-0.4, -0.2) is 17.9 Å². The molecule has 3 N–H and O–H groups in total. The van der Waals surface area contributed by atoms with E-state index in [9.17, 15) is 9.59 Å². The highest BCUT2D eigenvalue weighted by atomic mass is 35.5. The molecule has 6 nitrogen and oxygen atoms in total. The molecule has 2 atom stereocenters. The lowest BCUT2D eigenvalue weighted by molar-refractivity contribution is -0.122. The lowest BCUT2D eigenvalue weighted by Crippen LogP contribution is -2.34. The smallest absolute Gasteiger partial charge is 0.265 e. The Balaban J connectivity index is 1.60. The fourth-order valence-electron chi connectivity index (χ4n) is 3.30. The lowest BCUT2D eigenvalue weighted by Gasteiger charge is -2.25. The van der Waals surface area contributed by atoms with Gasteiger partial charge in [-0.05, 0) is 55.3 Å². The Morgan fingerprint density at radius 1 is 1.06 bits per heavy atom. The summed E-state index contributed by atoms with van der Waals surface area (Å²) in [6.45, 7) is 3.60. The summed E-state index contributed by atoms with van der Waals surface area (Å²) in [6, 6.07) is 19.5. The molecule has 1 heterocycles. The summed E-state index contributed by atoms with van der Waals surface area (Å²) >= 11 is 6.20. The molecule has 3 aromatic rings. The third-order valence-electron chi connectivity index (χ3n) is 5.06. The maximum Gasteiger partial charge on any atom is 0.265 e. The molecule has 1 aliphatic rings. The molecule has 4 rings (SSSR count). The number of nitrogens with one attached hydrogen (secondary N) is 3. The minimum absolute atomic E-state index is 0.210. The number of halogens is 1. The van der Waals surface area contributed by atoms with Gasteiger partial charge in [-0.1, -0.05) is 48.0 Å². The molecule has 0 aromatic heterocycles. The quantitative estimate of drug-likeness (QED) is 0.517. The zero-order chi connectivity index (χ0) is 22.0. The highest BCUT2D eigenvalue weighted by molar-refractivity contribution is 6.31. The Kier molecular flexibility index (Phi) is 5.82. The fraction of sp³-hybridized carbons (Fsp3) is 0.167. The van der Waals surface area contributed by atoms with Crippen LogP contribution in [0.2, 0.25) is 5.02 Å². The van der Waals surface area contributed by atoms with E-state index in [1.807, 2.05) is 55.5 Å². The SMILES string of the molecule is Cc1ccc(NC(=O)[C@@H](Nc2ccc3c(c2)NC(=O)[C@@H](C)O3)c2ccccc2)cc1Cl. The Hall–Kier alpha value is -3.51. The predicted octanol–water partition coefficient (Wildman–Crippen LogP) is 5.16. The molecule has 0 unspecified atom stereocenters. The van der Waals surface area contributed by atoms with Gasteiger partial charge in [0, 0.05) is 16.4 Å². The maximum atomic E-state index is 13.2. The summed E-state index contributed by atoms with van der Waals surface area (Å²) in [4.78, 5) is 25.1. The molecule has 31 heavy (non-hydrogen) atoms. The molecule has 1 aliphatic heterocycles. The molecule has 0 spiro atoms. The number of hydrogen-bond acceptors (Lipinski definition) is 4. The Morgan fingerprint density at radius 3 is 2.55 bits per heavy atom. The lowest BCUT2D eigenvalue weighted by atomic mass is 10.0. The van der Waals surface area contributed by atoms with Crippen LogP contribution >= 0.6 is 11.6 Å². The Morgan fingerprint density at radius 2 is 1.81 bits per heavy atom. The standard InChI is InChI=1S/C24H22ClN3O3/c1-14-8-9-17(12-19(14)25)27-24(30)22(16-6-4-3-5-7-16)26-18-10-11-21-20(13-18)28-23(29)15(2)31-21/h3-13,15,22,26H,1-2H3,(H,27,30)(H,28,29)/t15-,22+/m1/s1. The molecule has 158 valence electrons. The van der Waals surface area contributed by atoms with Crippen molar-refractivity contribution < 1.29 is 14.3 Å². The van der Waals surface area contributed by atoms with Crippen LogP contribution in [0, 0.1) is 6.92 Å². The Labute approximate surface area is 185 Å². The van der Waals surface area contributed by atoms with Crippen molar-refractivity contribution in [2.24, 2.45) is 0 Å². The zero-order valence-electron chi connectivity index (χ0n) is 17.1. The van der Waals surface area contributed by atoms with Crippen molar-refractivity contribution >= 4 is 40.5 Å². The number of carbonyl (C=O) groups is 2. The monoisotopic (exact) mass is 435 g/mol. The van der Waals surface area contributed by atoms with Crippen molar-refractivity contribution in [2.75, 3.05) is 16.0 Å². The predicted molar refractivity (Wildman–Crippen MR) is 123 cm³/mol. The number of anilines is 3. The molecule has 0 radical (unpaired) electrons. The summed E-state index contributed by atoms with van der Waals surface area (Å²) in [5, 5.41) is 9.60. The number of rotatable bonds is 5. The first-order valence-corrected chi connectivity index (χ1v) is 10.3. The van der Waals surface area contributed by atoms with Crippen LogP contribution in [0.15, 0.2) is 66.7 Å². The molecular weight excluding hydrogens is 414 g/mol. The minimum Gasteiger partial charge on any atom is -0.479 e. The van der Waals surface area contributed by atoms with E-state index in [0.29, 0.717) is 27.8 Å². The van der Waals surface area contributed by atoms with Crippen LogP contribution in [0.4, 0.5) is 17.1 Å². The molecule has 3 aromatic carbocycles. The van der Waals surface area contributed by atoms with Gasteiger partial charge in [-0.2, -0.15) is 0 Å². The molecule has 0 bridgehead atoms. The van der Waals surface area contributed by atoms with Crippen LogP contribution in [-0.2, 0) is 9.59 Å². The second kappa shape index (κ2) is 8.70. The van der Waals surface area contributed by atoms with E-state index >= 15 is 0 Å². The van der Waals surface area contributed by atoms with Crippen LogP contribution in [0.5, 0.6) is 5.75 Å². The van der Waals surface area contributed by atoms with Crippen LogP contribution in [0.3, 0.4) is 0 Å². The highest BCUT2D eigenvalue weighted by Crippen LogP contribution is 2.33. The number of aryl methyl sites for hydroxylation is 1. The van der Waals surface area contributed by atoms with Gasteiger partial charge in [0.05, 0.1) is 5.69 Å². The summed E-state index contributed by atoms with van der Waals surface area (Å²) in [7, 11) is 0. The molecule has 2 amide bonds. The average Bonchev–Trinajstić information content (AvgIpc) is 2.76. The van der Waals surface area contributed by atoms with Gasteiger partial charge in [0.2, 0.25) is 0 Å². The van der Waals surface area contributed by atoms with Gasteiger partial charge >= 0.3 is 0 Å². The Bertz CT molecular complexity index is 1130. The van der Waals surface area contributed by atoms with E-state index < -0.39 is 12.1 Å². The van der Waals surface area contributed by atoms with Gasteiger partial charge in [0.25, 0.3) is 11.8 Å². The second-order valence-corrected chi connectivity index (χ2v) is 7.81. The number of carbonyl (C=O) groups excluding carboxylic acids is 2. The molecule has 0 saturated carbocycles. The van der Waals surface area contributed by atoms with E-state index in [2.05, 4.69) is 16.0 Å². The van der Waals surface area contributed by atoms with Crippen LogP contribution in [0.1, 0.15) is 24.1 Å². The zero-order valence-corrected chi connectivity index (χ0v) is 17.9. The summed E-state index contributed by atoms with van der Waals surface area (Å²) in [5.41, 5.74) is 3.58. The van der Waals surface area contributed by atoms with Crippen molar-refractivity contribution in [1.82, 2.24) is 0 Å². The second-order valence-electron chi connectivity index (χ2n) is 7.40. The molecule has 7 heteroatoms. The summed E-state index contributed by atoms with van der Waals surface area (Å²) in [5.74, 6) is 0.142. The molecular formula is C24H22ClN3O3. The molecule has 0 fully saturated rings. The van der Waals surface area contributed by atoms with E-state index in [0.717, 1.165) is 11.1 Å². The van der Waals surface area contributed by atoms with Crippen molar-refractivity contribution in [3.8, 4) is 5.75 Å². The number of benzene rings is 3. The van der Waals surface area contributed by atoms with Gasteiger partial charge in [-0.25, -0.2) is 0 Å². The van der Waals surface area contributed by atoms with Crippen molar-refractivity contribution in [3.63, 3.8) is 0 Å². The van der Waals surface area contributed by atoms with Crippen molar-refractivity contribution in [2.45, 2.75) is 26.0 Å². The van der Waals surface area contributed by atoms with Crippen LogP contribution < -0.4 is 20.7 Å². The number of fused-ring (bicyclic) bond motifs is 1. The van der Waals surface area contributed by atoms with Crippen molar-refractivity contribution in [3.05, 3.63) is 82.9 Å². The third kappa shape index (κ3) is 4.64. The van der Waals surface area contributed by atoms with Gasteiger partial charge in [0.15, 0.2) is 6.10 Å². The first kappa shape index (κ1) is 20.8. The molecule has 0 aliphatic carbocycles. The minimum atomic E-state index is -0.668.